The molecule has 0 amide bonds. The van der Waals surface area contributed by atoms with Crippen molar-refractivity contribution in [2.75, 3.05) is 11.5 Å². The van der Waals surface area contributed by atoms with Gasteiger partial charge >= 0.3 is 0 Å². The molecule has 5 heteroatoms. The maximum absolute atomic E-state index is 5.05. The first kappa shape index (κ1) is 9.52. The number of rotatable bonds is 2. The summed E-state index contributed by atoms with van der Waals surface area (Å²) < 4.78 is 5.61. The first-order valence-electron chi connectivity index (χ1n) is 4.40. The van der Waals surface area contributed by atoms with E-state index in [2.05, 4.69) is 26.1 Å². The molecule has 13 heavy (non-hydrogen) atoms. The predicted molar refractivity (Wildman–Crippen MR) is 55.8 cm³/mol. The standard InChI is InChI=1S/C8H11BrN2OS/c9-8-10-7(12-11-8)5-6-1-3-13-4-2-6/h6H,1-5H2. The Bertz CT molecular complexity index is 273. The molecule has 0 radical (unpaired) electrons. The van der Waals surface area contributed by atoms with Crippen LogP contribution in [0.3, 0.4) is 0 Å². The van der Waals surface area contributed by atoms with Gasteiger partial charge in [0.2, 0.25) is 10.6 Å². The van der Waals surface area contributed by atoms with Gasteiger partial charge in [-0.1, -0.05) is 0 Å². The number of halogens is 1. The average Bonchev–Trinajstić information content (AvgIpc) is 2.53. The van der Waals surface area contributed by atoms with Crippen molar-refractivity contribution in [2.45, 2.75) is 19.3 Å². The Morgan fingerprint density at radius 1 is 1.46 bits per heavy atom. The Hall–Kier alpha value is -0.0300. The summed E-state index contributed by atoms with van der Waals surface area (Å²) in [5, 5.41) is 3.71. The van der Waals surface area contributed by atoms with Crippen molar-refractivity contribution in [3.63, 3.8) is 0 Å². The molecule has 1 aliphatic rings. The minimum atomic E-state index is 0.563. The number of hydrogen-bond donors (Lipinski definition) is 0. The van der Waals surface area contributed by atoms with Crippen molar-refractivity contribution in [2.24, 2.45) is 5.92 Å². The zero-order valence-electron chi connectivity index (χ0n) is 7.20. The largest absolute Gasteiger partial charge is 0.338 e. The van der Waals surface area contributed by atoms with Gasteiger partial charge in [0.15, 0.2) is 0 Å². The van der Waals surface area contributed by atoms with Crippen LogP contribution < -0.4 is 0 Å². The molecule has 2 heterocycles. The maximum Gasteiger partial charge on any atom is 0.238 e. The minimum absolute atomic E-state index is 0.563. The molecule has 0 aliphatic carbocycles. The van der Waals surface area contributed by atoms with Gasteiger partial charge in [-0.25, -0.2) is 0 Å². The third-order valence-corrected chi connectivity index (χ3v) is 3.62. The summed E-state index contributed by atoms with van der Waals surface area (Å²) in [5.74, 6) is 4.07. The molecule has 2 rings (SSSR count). The highest BCUT2D eigenvalue weighted by molar-refractivity contribution is 9.10. The fourth-order valence-electron chi connectivity index (χ4n) is 1.51. The molecule has 0 spiro atoms. The molecule has 1 aromatic rings. The molecule has 0 bridgehead atoms. The van der Waals surface area contributed by atoms with E-state index in [4.69, 9.17) is 4.52 Å². The van der Waals surface area contributed by atoms with E-state index in [0.717, 1.165) is 18.2 Å². The summed E-state index contributed by atoms with van der Waals surface area (Å²) in [7, 11) is 0. The lowest BCUT2D eigenvalue weighted by atomic mass is 9.99. The smallest absolute Gasteiger partial charge is 0.238 e. The Labute approximate surface area is 89.8 Å². The lowest BCUT2D eigenvalue weighted by Crippen LogP contribution is -2.12. The molecule has 3 nitrogen and oxygen atoms in total. The number of aromatic nitrogens is 2. The monoisotopic (exact) mass is 262 g/mol. The van der Waals surface area contributed by atoms with E-state index in [1.54, 1.807) is 0 Å². The van der Waals surface area contributed by atoms with Crippen LogP contribution in [0, 0.1) is 5.92 Å². The van der Waals surface area contributed by atoms with Gasteiger partial charge in [0.05, 0.1) is 0 Å². The van der Waals surface area contributed by atoms with Gasteiger partial charge in [-0.05, 0) is 51.4 Å². The highest BCUT2D eigenvalue weighted by atomic mass is 79.9. The van der Waals surface area contributed by atoms with Gasteiger partial charge in [0.25, 0.3) is 0 Å². The minimum Gasteiger partial charge on any atom is -0.338 e. The molecule has 0 saturated carbocycles. The van der Waals surface area contributed by atoms with Crippen LogP contribution in [0.15, 0.2) is 9.26 Å². The van der Waals surface area contributed by atoms with Gasteiger partial charge in [-0.2, -0.15) is 16.7 Å². The summed E-state index contributed by atoms with van der Waals surface area (Å²) in [6.07, 6.45) is 3.51. The Morgan fingerprint density at radius 2 is 2.23 bits per heavy atom. The first-order chi connectivity index (χ1) is 6.34. The van der Waals surface area contributed by atoms with Crippen molar-refractivity contribution >= 4 is 27.7 Å². The zero-order valence-corrected chi connectivity index (χ0v) is 9.60. The SMILES string of the molecule is Brc1noc(CC2CCSCC2)n1. The van der Waals surface area contributed by atoms with E-state index >= 15 is 0 Å². The highest BCUT2D eigenvalue weighted by Crippen LogP contribution is 2.25. The molecule has 0 atom stereocenters. The van der Waals surface area contributed by atoms with Crippen LogP contribution in [-0.4, -0.2) is 21.6 Å². The summed E-state index contributed by atoms with van der Waals surface area (Å²) in [5.41, 5.74) is 0. The van der Waals surface area contributed by atoms with Crippen LogP contribution in [0.2, 0.25) is 0 Å². The molecular formula is C8H11BrN2OS. The van der Waals surface area contributed by atoms with Gasteiger partial charge in [0.1, 0.15) is 0 Å². The van der Waals surface area contributed by atoms with Crippen molar-refractivity contribution in [1.29, 1.82) is 0 Å². The Morgan fingerprint density at radius 3 is 2.85 bits per heavy atom. The topological polar surface area (TPSA) is 38.9 Å². The van der Waals surface area contributed by atoms with Crippen molar-refractivity contribution in [3.8, 4) is 0 Å². The molecule has 0 N–H and O–H groups in total. The van der Waals surface area contributed by atoms with E-state index in [1.807, 2.05) is 11.8 Å². The number of hydrogen-bond acceptors (Lipinski definition) is 4. The first-order valence-corrected chi connectivity index (χ1v) is 6.35. The lowest BCUT2D eigenvalue weighted by Gasteiger charge is -2.19. The highest BCUT2D eigenvalue weighted by Gasteiger charge is 2.17. The molecule has 1 aliphatic heterocycles. The van der Waals surface area contributed by atoms with Crippen LogP contribution in [0.1, 0.15) is 18.7 Å². The van der Waals surface area contributed by atoms with E-state index in [1.165, 1.54) is 24.3 Å². The van der Waals surface area contributed by atoms with Gasteiger partial charge in [-0.15, -0.1) is 0 Å². The predicted octanol–water partition coefficient (Wildman–Crippen LogP) is 2.52. The van der Waals surface area contributed by atoms with E-state index in [0.29, 0.717) is 4.73 Å². The van der Waals surface area contributed by atoms with Gasteiger partial charge in [0, 0.05) is 6.42 Å². The second-order valence-electron chi connectivity index (χ2n) is 3.22. The third-order valence-electron chi connectivity index (χ3n) is 2.25. The van der Waals surface area contributed by atoms with Crippen LogP contribution in [-0.2, 0) is 6.42 Å². The van der Waals surface area contributed by atoms with Gasteiger partial charge in [-0.3, -0.25) is 0 Å². The normalized spacial score (nSPS) is 19.2. The summed E-state index contributed by atoms with van der Waals surface area (Å²) in [6, 6.07) is 0. The van der Waals surface area contributed by atoms with Crippen molar-refractivity contribution in [3.05, 3.63) is 10.6 Å². The zero-order chi connectivity index (χ0) is 9.10. The van der Waals surface area contributed by atoms with Crippen LogP contribution in [0.25, 0.3) is 0 Å². The summed E-state index contributed by atoms with van der Waals surface area (Å²) in [4.78, 5) is 4.14. The molecule has 0 unspecified atom stereocenters. The molecule has 1 fully saturated rings. The molecule has 0 aromatic carbocycles. The Kier molecular flexibility index (Phi) is 3.27. The molecule has 1 saturated heterocycles. The Balaban J connectivity index is 1.89. The second-order valence-corrected chi connectivity index (χ2v) is 5.15. The van der Waals surface area contributed by atoms with Crippen LogP contribution in [0.4, 0.5) is 0 Å². The van der Waals surface area contributed by atoms with Crippen LogP contribution in [0.5, 0.6) is 0 Å². The summed E-state index contributed by atoms with van der Waals surface area (Å²) >= 11 is 5.22. The second kappa shape index (κ2) is 4.46. The third kappa shape index (κ3) is 2.71. The quantitative estimate of drug-likeness (QED) is 0.821. The van der Waals surface area contributed by atoms with E-state index in [9.17, 15) is 0 Å². The lowest BCUT2D eigenvalue weighted by molar-refractivity contribution is 0.342. The van der Waals surface area contributed by atoms with Crippen LogP contribution >= 0.6 is 27.7 Å². The molecule has 1 aromatic heterocycles. The fraction of sp³-hybridized carbons (Fsp3) is 0.750. The number of nitrogens with zero attached hydrogens (tertiary/aromatic N) is 2. The molecule has 72 valence electrons. The molecular weight excluding hydrogens is 252 g/mol. The average molecular weight is 263 g/mol. The van der Waals surface area contributed by atoms with E-state index in [-0.39, 0.29) is 0 Å². The van der Waals surface area contributed by atoms with E-state index < -0.39 is 0 Å². The number of thioether (sulfide) groups is 1. The van der Waals surface area contributed by atoms with Crippen molar-refractivity contribution in [1.82, 2.24) is 10.1 Å². The maximum atomic E-state index is 5.05. The van der Waals surface area contributed by atoms with Crippen molar-refractivity contribution < 1.29 is 4.52 Å². The fourth-order valence-corrected chi connectivity index (χ4v) is 2.99. The van der Waals surface area contributed by atoms with Gasteiger partial charge < -0.3 is 4.52 Å². The summed E-state index contributed by atoms with van der Waals surface area (Å²) in [6.45, 7) is 0.